The Hall–Kier alpha value is -5.40. The highest BCUT2D eigenvalue weighted by atomic mass is 14.7. The number of hydrogen-bond acceptors (Lipinski definition) is 0. The van der Waals surface area contributed by atoms with Gasteiger partial charge in [-0.25, -0.2) is 0 Å². The second kappa shape index (κ2) is 7.87. The molecule has 0 amide bonds. The van der Waals surface area contributed by atoms with Gasteiger partial charge in [0, 0.05) is 23.3 Å². The summed E-state index contributed by atoms with van der Waals surface area (Å²) in [7, 11) is 0. The van der Waals surface area contributed by atoms with E-state index in [4.69, 9.17) is 0 Å². The van der Waals surface area contributed by atoms with Gasteiger partial charge in [-0.3, -0.25) is 0 Å². The summed E-state index contributed by atoms with van der Waals surface area (Å²) in [6, 6.07) is 53.9. The van der Waals surface area contributed by atoms with Crippen molar-refractivity contribution in [3.05, 3.63) is 168 Å². The molecule has 0 aliphatic heterocycles. The molecular formula is C41H27N. The third-order valence-corrected chi connectivity index (χ3v) is 9.80. The summed E-state index contributed by atoms with van der Waals surface area (Å²) in [6.07, 6.45) is 0. The lowest BCUT2D eigenvalue weighted by Crippen LogP contribution is -2.26. The average molecular weight is 534 g/mol. The van der Waals surface area contributed by atoms with Crippen LogP contribution < -0.4 is 0 Å². The number of aromatic nitrogens is 1. The highest BCUT2D eigenvalue weighted by Gasteiger charge is 2.53. The van der Waals surface area contributed by atoms with E-state index in [0.717, 1.165) is 0 Å². The normalized spacial score (nSPS) is 16.2. The minimum atomic E-state index is -0.439. The molecule has 1 heteroatoms. The lowest BCUT2D eigenvalue weighted by Gasteiger charge is -2.31. The van der Waals surface area contributed by atoms with Gasteiger partial charge in [-0.2, -0.15) is 0 Å². The zero-order valence-electron chi connectivity index (χ0n) is 22.9. The van der Waals surface area contributed by atoms with Crippen molar-refractivity contribution in [3.63, 3.8) is 0 Å². The van der Waals surface area contributed by atoms with Crippen molar-refractivity contribution in [2.24, 2.45) is 0 Å². The molecular weight excluding hydrogens is 506 g/mol. The Labute approximate surface area is 245 Å². The fraction of sp³-hybridized carbons (Fsp3) is 0.0244. The summed E-state index contributed by atoms with van der Waals surface area (Å²) >= 11 is 0. The first-order valence-corrected chi connectivity index (χ1v) is 14.7. The van der Waals surface area contributed by atoms with Crippen molar-refractivity contribution in [2.45, 2.75) is 5.41 Å². The van der Waals surface area contributed by atoms with Crippen molar-refractivity contribution in [2.75, 3.05) is 0 Å². The molecule has 0 saturated carbocycles. The van der Waals surface area contributed by atoms with E-state index in [-0.39, 0.29) is 1.43 Å². The standard InChI is InChI=1S/C41H25N.H2/c1-2-12-25(13-3-1)26-22-23-28-27-14-6-9-19-33(27)41(35(28)24-26)34-20-10-7-17-31(34)37-29-15-4-5-16-30(29)38-32-18-8-11-21-36(32)42-40(38)39(37)41;/h1-24,42H;1H. The summed E-state index contributed by atoms with van der Waals surface area (Å²) < 4.78 is 0. The van der Waals surface area contributed by atoms with Gasteiger partial charge < -0.3 is 4.98 Å². The van der Waals surface area contributed by atoms with Gasteiger partial charge >= 0.3 is 0 Å². The fourth-order valence-electron chi connectivity index (χ4n) is 8.25. The Kier molecular flexibility index (Phi) is 4.18. The van der Waals surface area contributed by atoms with Crippen LogP contribution in [0.15, 0.2) is 146 Å². The highest BCUT2D eigenvalue weighted by Crippen LogP contribution is 2.65. The first-order valence-electron chi connectivity index (χ1n) is 14.7. The summed E-state index contributed by atoms with van der Waals surface area (Å²) in [5.41, 5.74) is 15.3. The van der Waals surface area contributed by atoms with Gasteiger partial charge in [0.05, 0.1) is 10.9 Å². The number of nitrogens with one attached hydrogen (secondary N) is 1. The Balaban J connectivity index is 0.00000260. The third-order valence-electron chi connectivity index (χ3n) is 9.80. The van der Waals surface area contributed by atoms with Crippen molar-refractivity contribution in [1.29, 1.82) is 0 Å². The second-order valence-electron chi connectivity index (χ2n) is 11.7. The lowest BCUT2D eigenvalue weighted by atomic mass is 9.69. The van der Waals surface area contributed by atoms with E-state index in [0.29, 0.717) is 0 Å². The van der Waals surface area contributed by atoms with E-state index in [1.807, 2.05) is 0 Å². The summed E-state index contributed by atoms with van der Waals surface area (Å²) in [5.74, 6) is 0. The molecule has 2 aliphatic carbocycles. The van der Waals surface area contributed by atoms with Crippen LogP contribution in [0.1, 0.15) is 23.7 Å². The smallest absolute Gasteiger partial charge is 0.0746 e. The van der Waals surface area contributed by atoms with Gasteiger partial charge in [0.25, 0.3) is 0 Å². The van der Waals surface area contributed by atoms with Crippen LogP contribution in [0, 0.1) is 0 Å². The van der Waals surface area contributed by atoms with Gasteiger partial charge in [-0.05, 0) is 73.0 Å². The second-order valence-corrected chi connectivity index (χ2v) is 11.7. The first-order chi connectivity index (χ1) is 20.9. The number of benzene rings is 7. The highest BCUT2D eigenvalue weighted by molar-refractivity contribution is 6.26. The van der Waals surface area contributed by atoms with Gasteiger partial charge in [0.1, 0.15) is 0 Å². The molecule has 1 aromatic heterocycles. The maximum absolute atomic E-state index is 3.96. The van der Waals surface area contributed by atoms with Crippen molar-refractivity contribution >= 4 is 32.6 Å². The average Bonchev–Trinajstić information content (AvgIpc) is 3.69. The van der Waals surface area contributed by atoms with Crippen LogP contribution in [0.25, 0.3) is 66.0 Å². The summed E-state index contributed by atoms with van der Waals surface area (Å²) in [4.78, 5) is 3.96. The number of fused-ring (bicyclic) bond motifs is 17. The van der Waals surface area contributed by atoms with Crippen molar-refractivity contribution < 1.29 is 1.43 Å². The number of rotatable bonds is 1. The maximum Gasteiger partial charge on any atom is 0.0746 e. The lowest BCUT2D eigenvalue weighted by molar-refractivity contribution is 0.800. The fourth-order valence-corrected chi connectivity index (χ4v) is 8.25. The van der Waals surface area contributed by atoms with Crippen LogP contribution >= 0.6 is 0 Å². The SMILES string of the molecule is [HH].c1ccc(-c2ccc3c(c2)C2(c4ccccc4-3)c3ccccc3-c3c2c2[nH]c4ccccc4c2c2ccccc32)cc1. The van der Waals surface area contributed by atoms with Crippen LogP contribution in [0.4, 0.5) is 0 Å². The summed E-state index contributed by atoms with van der Waals surface area (Å²) in [5, 5.41) is 5.22. The van der Waals surface area contributed by atoms with E-state index >= 15 is 0 Å². The molecule has 2 aliphatic rings. The van der Waals surface area contributed by atoms with Crippen LogP contribution in [-0.2, 0) is 5.41 Å². The molecule has 0 fully saturated rings. The zero-order chi connectivity index (χ0) is 27.4. The quantitative estimate of drug-likeness (QED) is 0.216. The van der Waals surface area contributed by atoms with Crippen molar-refractivity contribution in [1.82, 2.24) is 4.98 Å². The number of H-pyrrole nitrogens is 1. The first kappa shape index (κ1) is 22.3. The predicted octanol–water partition coefficient (Wildman–Crippen LogP) is 10.7. The minimum absolute atomic E-state index is 0. The number of aromatic amines is 1. The molecule has 1 heterocycles. The third kappa shape index (κ3) is 2.56. The Morgan fingerprint density at radius 3 is 1.90 bits per heavy atom. The molecule has 196 valence electrons. The molecule has 0 bridgehead atoms. The maximum atomic E-state index is 3.96. The molecule has 1 N–H and O–H groups in total. The van der Waals surface area contributed by atoms with Crippen LogP contribution in [0.5, 0.6) is 0 Å². The Bertz CT molecular complexity index is 2420. The molecule has 8 aromatic rings. The Morgan fingerprint density at radius 1 is 0.452 bits per heavy atom. The molecule has 1 unspecified atom stereocenters. The minimum Gasteiger partial charge on any atom is -0.354 e. The van der Waals surface area contributed by atoms with Gasteiger partial charge in [0.2, 0.25) is 0 Å². The zero-order valence-corrected chi connectivity index (χ0v) is 22.9. The van der Waals surface area contributed by atoms with E-state index in [1.165, 1.54) is 88.2 Å². The predicted molar refractivity (Wildman–Crippen MR) is 177 cm³/mol. The Morgan fingerprint density at radius 2 is 1.07 bits per heavy atom. The number of para-hydroxylation sites is 1. The van der Waals surface area contributed by atoms with Gasteiger partial charge in [-0.15, -0.1) is 0 Å². The molecule has 7 aromatic carbocycles. The van der Waals surface area contributed by atoms with E-state index in [9.17, 15) is 0 Å². The summed E-state index contributed by atoms with van der Waals surface area (Å²) in [6.45, 7) is 0. The molecule has 1 spiro atoms. The molecule has 0 saturated heterocycles. The van der Waals surface area contributed by atoms with Crippen molar-refractivity contribution in [3.8, 4) is 33.4 Å². The molecule has 0 radical (unpaired) electrons. The monoisotopic (exact) mass is 533 g/mol. The van der Waals surface area contributed by atoms with E-state index < -0.39 is 5.41 Å². The van der Waals surface area contributed by atoms with Crippen LogP contribution in [-0.4, -0.2) is 4.98 Å². The molecule has 42 heavy (non-hydrogen) atoms. The van der Waals surface area contributed by atoms with Gasteiger partial charge in [-0.1, -0.05) is 133 Å². The molecule has 10 rings (SSSR count). The molecule has 1 nitrogen and oxygen atoms in total. The van der Waals surface area contributed by atoms with Gasteiger partial charge in [0.15, 0.2) is 0 Å². The van der Waals surface area contributed by atoms with Crippen LogP contribution in [0.2, 0.25) is 0 Å². The van der Waals surface area contributed by atoms with E-state index in [2.05, 4.69) is 151 Å². The molecule has 1 atom stereocenters. The van der Waals surface area contributed by atoms with Crippen LogP contribution in [0.3, 0.4) is 0 Å². The van der Waals surface area contributed by atoms with E-state index in [1.54, 1.807) is 0 Å². The number of hydrogen-bond donors (Lipinski definition) is 1. The topological polar surface area (TPSA) is 15.8 Å². The largest absolute Gasteiger partial charge is 0.354 e.